The molecule has 0 rings (SSSR count). The second kappa shape index (κ2) is 8.14. The van der Waals surface area contributed by atoms with Crippen molar-refractivity contribution >= 4 is 0 Å². The summed E-state index contributed by atoms with van der Waals surface area (Å²) in [6, 6.07) is 0. The molecule has 0 radical (unpaired) electrons. The van der Waals surface area contributed by atoms with Gasteiger partial charge in [-0.25, -0.2) is 0 Å². The van der Waals surface area contributed by atoms with Crippen molar-refractivity contribution in [2.24, 2.45) is 0 Å². The minimum Gasteiger partial charge on any atom is -0.394 e. The normalized spacial score (nSPS) is 19.3. The SMILES string of the molecule is C.CCCC(O)C(O)C(O)C(O)CO. The zero-order chi connectivity index (χ0) is 10.4. The van der Waals surface area contributed by atoms with Crippen LogP contribution in [0.1, 0.15) is 27.2 Å². The number of hydrogen-bond donors (Lipinski definition) is 5. The van der Waals surface area contributed by atoms with Gasteiger partial charge in [-0.2, -0.15) is 0 Å². The molecule has 5 heteroatoms. The van der Waals surface area contributed by atoms with E-state index in [4.69, 9.17) is 15.3 Å². The summed E-state index contributed by atoms with van der Waals surface area (Å²) in [5.74, 6) is 0. The van der Waals surface area contributed by atoms with E-state index in [0.29, 0.717) is 12.8 Å². The molecule has 88 valence electrons. The van der Waals surface area contributed by atoms with Crippen molar-refractivity contribution < 1.29 is 25.5 Å². The van der Waals surface area contributed by atoms with Crippen molar-refractivity contribution in [1.29, 1.82) is 0 Å². The zero-order valence-corrected chi connectivity index (χ0v) is 7.67. The Labute approximate surface area is 84.6 Å². The molecule has 0 amide bonds. The summed E-state index contributed by atoms with van der Waals surface area (Å²) in [6.07, 6.45) is -4.40. The maximum atomic E-state index is 9.25. The molecule has 0 saturated carbocycles. The third kappa shape index (κ3) is 4.88. The average Bonchev–Trinajstić information content (AvgIpc) is 2.14. The predicted octanol–water partition coefficient (Wildman–Crippen LogP) is -1.14. The minimum atomic E-state index is -1.51. The van der Waals surface area contributed by atoms with Crippen LogP contribution in [-0.2, 0) is 0 Å². The molecule has 0 aliphatic heterocycles. The summed E-state index contributed by atoms with van der Waals surface area (Å²) in [5, 5.41) is 45.0. The molecule has 0 aromatic carbocycles. The van der Waals surface area contributed by atoms with E-state index in [1.807, 2.05) is 6.92 Å². The van der Waals surface area contributed by atoms with E-state index in [-0.39, 0.29) is 7.43 Å². The molecule has 4 unspecified atom stereocenters. The van der Waals surface area contributed by atoms with E-state index in [1.165, 1.54) is 0 Å². The Hall–Kier alpha value is -0.200. The van der Waals surface area contributed by atoms with Crippen LogP contribution in [0.3, 0.4) is 0 Å². The standard InChI is InChI=1S/C8H18O5.CH4/c1-2-3-5(10)7(12)8(13)6(11)4-9;/h5-13H,2-4H2,1H3;1H4. The average molecular weight is 210 g/mol. The minimum absolute atomic E-state index is 0. The summed E-state index contributed by atoms with van der Waals surface area (Å²) in [6.45, 7) is 1.18. The molecule has 5 N–H and O–H groups in total. The predicted molar refractivity (Wildman–Crippen MR) is 52.8 cm³/mol. The molecule has 0 heterocycles. The number of hydrogen-bond acceptors (Lipinski definition) is 5. The van der Waals surface area contributed by atoms with E-state index in [2.05, 4.69) is 0 Å². The lowest BCUT2D eigenvalue weighted by molar-refractivity contribution is -0.116. The van der Waals surface area contributed by atoms with E-state index in [1.54, 1.807) is 0 Å². The molecule has 0 spiro atoms. The maximum absolute atomic E-state index is 9.25. The van der Waals surface area contributed by atoms with Crippen LogP contribution in [0, 0.1) is 0 Å². The fourth-order valence-corrected chi connectivity index (χ4v) is 1.03. The van der Waals surface area contributed by atoms with Crippen LogP contribution in [0.15, 0.2) is 0 Å². The first-order valence-corrected chi connectivity index (χ1v) is 4.37. The van der Waals surface area contributed by atoms with Gasteiger partial charge < -0.3 is 25.5 Å². The fraction of sp³-hybridized carbons (Fsp3) is 1.00. The van der Waals surface area contributed by atoms with E-state index in [0.717, 1.165) is 0 Å². The van der Waals surface area contributed by atoms with Crippen molar-refractivity contribution in [3.63, 3.8) is 0 Å². The Morgan fingerprint density at radius 2 is 1.36 bits per heavy atom. The second-order valence-electron chi connectivity index (χ2n) is 3.09. The Kier molecular flexibility index (Phi) is 9.44. The van der Waals surface area contributed by atoms with Gasteiger partial charge in [0.25, 0.3) is 0 Å². The number of aliphatic hydroxyl groups is 5. The number of rotatable bonds is 6. The van der Waals surface area contributed by atoms with Gasteiger partial charge in [-0.05, 0) is 6.42 Å². The van der Waals surface area contributed by atoms with Gasteiger partial charge in [0.05, 0.1) is 12.7 Å². The van der Waals surface area contributed by atoms with Crippen molar-refractivity contribution in [3.8, 4) is 0 Å². The van der Waals surface area contributed by atoms with Crippen molar-refractivity contribution in [3.05, 3.63) is 0 Å². The summed E-state index contributed by atoms with van der Waals surface area (Å²) >= 11 is 0. The van der Waals surface area contributed by atoms with E-state index >= 15 is 0 Å². The van der Waals surface area contributed by atoms with Crippen LogP contribution in [0.25, 0.3) is 0 Å². The van der Waals surface area contributed by atoms with Gasteiger partial charge in [-0.15, -0.1) is 0 Å². The third-order valence-electron chi connectivity index (χ3n) is 1.91. The van der Waals surface area contributed by atoms with E-state index in [9.17, 15) is 10.2 Å². The Balaban J connectivity index is 0. The molecule has 0 aromatic rings. The summed E-state index contributed by atoms with van der Waals surface area (Å²) in [5.41, 5.74) is 0. The van der Waals surface area contributed by atoms with Crippen LogP contribution < -0.4 is 0 Å². The highest BCUT2D eigenvalue weighted by Crippen LogP contribution is 2.09. The van der Waals surface area contributed by atoms with Crippen molar-refractivity contribution in [2.45, 2.75) is 51.6 Å². The molecule has 0 aliphatic carbocycles. The van der Waals surface area contributed by atoms with Gasteiger partial charge >= 0.3 is 0 Å². The Morgan fingerprint density at radius 1 is 0.929 bits per heavy atom. The first kappa shape index (κ1) is 16.2. The molecular formula is C9H22O5. The highest BCUT2D eigenvalue weighted by Gasteiger charge is 2.29. The summed E-state index contributed by atoms with van der Waals surface area (Å²) < 4.78 is 0. The molecule has 0 saturated heterocycles. The van der Waals surface area contributed by atoms with Crippen LogP contribution in [0.5, 0.6) is 0 Å². The molecule has 14 heavy (non-hydrogen) atoms. The Morgan fingerprint density at radius 3 is 1.71 bits per heavy atom. The van der Waals surface area contributed by atoms with E-state index < -0.39 is 31.0 Å². The number of aliphatic hydroxyl groups excluding tert-OH is 5. The van der Waals surface area contributed by atoms with Gasteiger partial charge in [0.1, 0.15) is 18.3 Å². The van der Waals surface area contributed by atoms with Crippen molar-refractivity contribution in [2.75, 3.05) is 6.61 Å². The van der Waals surface area contributed by atoms with Gasteiger partial charge in [0.2, 0.25) is 0 Å². The van der Waals surface area contributed by atoms with Crippen molar-refractivity contribution in [1.82, 2.24) is 0 Å². The lowest BCUT2D eigenvalue weighted by Crippen LogP contribution is -2.45. The molecule has 0 bridgehead atoms. The summed E-state index contributed by atoms with van der Waals surface area (Å²) in [4.78, 5) is 0. The largest absolute Gasteiger partial charge is 0.394 e. The fourth-order valence-electron chi connectivity index (χ4n) is 1.03. The van der Waals surface area contributed by atoms with Gasteiger partial charge in [0.15, 0.2) is 0 Å². The Bertz CT molecular complexity index is 130. The molecule has 4 atom stereocenters. The maximum Gasteiger partial charge on any atom is 0.110 e. The second-order valence-corrected chi connectivity index (χ2v) is 3.09. The molecule has 0 aromatic heterocycles. The molecule has 0 fully saturated rings. The summed E-state index contributed by atoms with van der Waals surface area (Å²) in [7, 11) is 0. The topological polar surface area (TPSA) is 101 Å². The lowest BCUT2D eigenvalue weighted by atomic mass is 10.0. The zero-order valence-electron chi connectivity index (χ0n) is 7.67. The van der Waals surface area contributed by atoms with Crippen LogP contribution in [0.2, 0.25) is 0 Å². The van der Waals surface area contributed by atoms with Crippen LogP contribution in [-0.4, -0.2) is 56.6 Å². The van der Waals surface area contributed by atoms with Gasteiger partial charge in [0, 0.05) is 0 Å². The van der Waals surface area contributed by atoms with Crippen LogP contribution in [0.4, 0.5) is 0 Å². The third-order valence-corrected chi connectivity index (χ3v) is 1.91. The monoisotopic (exact) mass is 210 g/mol. The first-order chi connectivity index (χ1) is 6.04. The molecular weight excluding hydrogens is 188 g/mol. The molecule has 5 nitrogen and oxygen atoms in total. The quantitative estimate of drug-likeness (QED) is 0.381. The van der Waals surface area contributed by atoms with Crippen LogP contribution >= 0.6 is 0 Å². The lowest BCUT2D eigenvalue weighted by Gasteiger charge is -2.25. The smallest absolute Gasteiger partial charge is 0.110 e. The highest BCUT2D eigenvalue weighted by atomic mass is 16.4. The molecule has 0 aliphatic rings. The highest BCUT2D eigenvalue weighted by molar-refractivity contribution is 4.80. The van der Waals surface area contributed by atoms with Gasteiger partial charge in [-0.3, -0.25) is 0 Å². The first-order valence-electron chi connectivity index (χ1n) is 4.37. The van der Waals surface area contributed by atoms with Gasteiger partial charge in [-0.1, -0.05) is 20.8 Å².